The van der Waals surface area contributed by atoms with Gasteiger partial charge in [0.15, 0.2) is 0 Å². The third-order valence-corrected chi connectivity index (χ3v) is 8.66. The first kappa shape index (κ1) is 25.3. The zero-order chi connectivity index (χ0) is 18.9. The molecule has 1 fully saturated rings. The van der Waals surface area contributed by atoms with Crippen LogP contribution >= 0.6 is 36.2 Å². The van der Waals surface area contributed by atoms with Crippen molar-refractivity contribution in [2.75, 3.05) is 33.2 Å². The quantitative estimate of drug-likeness (QED) is 0.689. The molecule has 0 saturated carbocycles. The second kappa shape index (κ2) is 9.86. The van der Waals surface area contributed by atoms with E-state index in [0.717, 1.165) is 55.7 Å². The number of halogens is 2. The summed E-state index contributed by atoms with van der Waals surface area (Å²) in [5.41, 5.74) is 1.05. The largest absolute Gasteiger partial charge is 0.304 e. The number of rotatable bonds is 5. The Kier molecular flexibility index (Phi) is 8.91. The number of hydrogen-bond donors (Lipinski definition) is 1. The Balaban J connectivity index is 0.00000196. The minimum Gasteiger partial charge on any atom is -0.304 e. The summed E-state index contributed by atoms with van der Waals surface area (Å²) in [6.07, 6.45) is 0. The van der Waals surface area contributed by atoms with Crippen molar-refractivity contribution >= 4 is 56.0 Å². The Morgan fingerprint density at radius 2 is 1.54 bits per heavy atom. The molecule has 0 amide bonds. The van der Waals surface area contributed by atoms with Crippen molar-refractivity contribution in [1.29, 1.82) is 0 Å². The first-order valence-electron chi connectivity index (χ1n) is 8.02. The van der Waals surface area contributed by atoms with Crippen LogP contribution in [0.5, 0.6) is 0 Å². The molecule has 1 aromatic heterocycles. The topological polar surface area (TPSA) is 101 Å². The summed E-state index contributed by atoms with van der Waals surface area (Å²) in [6, 6.07) is 7.84. The predicted molar refractivity (Wildman–Crippen MR) is 115 cm³/mol. The van der Waals surface area contributed by atoms with Crippen LogP contribution in [-0.4, -0.2) is 59.9 Å². The van der Waals surface area contributed by atoms with E-state index in [0.29, 0.717) is 0 Å². The van der Waals surface area contributed by atoms with Crippen LogP contribution in [0.2, 0.25) is 0 Å². The Hall–Kier alpha value is -0.720. The maximum absolute atomic E-state index is 12.7. The molecule has 158 valence electrons. The summed E-state index contributed by atoms with van der Waals surface area (Å²) < 4.78 is 47.9. The number of nitrogens with zero attached hydrogens (tertiary/aromatic N) is 2. The fraction of sp³-hybridized carbons (Fsp3) is 0.375. The van der Waals surface area contributed by atoms with Gasteiger partial charge in [-0.1, -0.05) is 12.1 Å². The van der Waals surface area contributed by atoms with E-state index in [9.17, 15) is 16.8 Å². The summed E-state index contributed by atoms with van der Waals surface area (Å²) in [5.74, 6) is 0. The zero-order valence-electron chi connectivity index (χ0n) is 15.1. The van der Waals surface area contributed by atoms with Crippen molar-refractivity contribution in [2.45, 2.75) is 20.5 Å². The van der Waals surface area contributed by atoms with Crippen LogP contribution in [0.4, 0.5) is 0 Å². The van der Waals surface area contributed by atoms with Crippen LogP contribution in [0.25, 0.3) is 0 Å². The molecule has 1 aromatic carbocycles. The number of sulfonamides is 1. The Morgan fingerprint density at radius 3 is 2.04 bits per heavy atom. The van der Waals surface area contributed by atoms with Gasteiger partial charge in [-0.25, -0.2) is 22.0 Å². The van der Waals surface area contributed by atoms with Gasteiger partial charge in [0, 0.05) is 38.1 Å². The molecule has 0 aliphatic carbocycles. The Bertz CT molecular complexity index is 984. The highest BCUT2D eigenvalue weighted by molar-refractivity contribution is 7.92. The summed E-state index contributed by atoms with van der Waals surface area (Å²) in [6.45, 7) is 4.81. The maximum atomic E-state index is 12.7. The van der Waals surface area contributed by atoms with Crippen LogP contribution in [-0.2, 0) is 26.4 Å². The van der Waals surface area contributed by atoms with Crippen LogP contribution in [0.15, 0.2) is 49.7 Å². The lowest BCUT2D eigenvalue weighted by molar-refractivity contribution is 0.148. The van der Waals surface area contributed by atoms with Crippen LogP contribution in [0, 0.1) is 0 Å². The van der Waals surface area contributed by atoms with Crippen molar-refractivity contribution in [1.82, 2.24) is 9.80 Å². The molecule has 7 nitrogen and oxygen atoms in total. The average molecular weight is 488 g/mol. The Labute approximate surface area is 182 Å². The van der Waals surface area contributed by atoms with Crippen molar-refractivity contribution in [3.05, 3.63) is 41.3 Å². The van der Waals surface area contributed by atoms with Crippen molar-refractivity contribution in [2.24, 2.45) is 5.14 Å². The van der Waals surface area contributed by atoms with Crippen molar-refractivity contribution in [3.8, 4) is 0 Å². The van der Waals surface area contributed by atoms with E-state index in [-0.39, 0.29) is 38.8 Å². The third kappa shape index (κ3) is 5.90. The lowest BCUT2D eigenvalue weighted by Gasteiger charge is -2.32. The van der Waals surface area contributed by atoms with Gasteiger partial charge >= 0.3 is 0 Å². The number of benzene rings is 1. The van der Waals surface area contributed by atoms with Gasteiger partial charge in [0.25, 0.3) is 0 Å². The monoisotopic (exact) mass is 487 g/mol. The summed E-state index contributed by atoms with van der Waals surface area (Å²) in [4.78, 5) is 4.69. The fourth-order valence-corrected chi connectivity index (χ4v) is 6.07. The van der Waals surface area contributed by atoms with E-state index >= 15 is 0 Å². The van der Waals surface area contributed by atoms with Crippen LogP contribution in [0.3, 0.4) is 0 Å². The fourth-order valence-electron chi connectivity index (χ4n) is 2.76. The SMILES string of the molecule is CN1CCN(Cc2ccc(S(=O)(=O)c3csc(S(N)(=O)=O)c3)cc2)CC1.Cl.Cl. The van der Waals surface area contributed by atoms with E-state index in [2.05, 4.69) is 16.8 Å². The third-order valence-electron chi connectivity index (χ3n) is 4.38. The van der Waals surface area contributed by atoms with E-state index in [1.165, 1.54) is 5.38 Å². The van der Waals surface area contributed by atoms with Gasteiger partial charge < -0.3 is 4.90 Å². The molecule has 0 atom stereocenters. The lowest BCUT2D eigenvalue weighted by atomic mass is 10.2. The van der Waals surface area contributed by atoms with E-state index in [1.807, 2.05) is 0 Å². The molecular formula is C16H23Cl2N3O4S3. The number of likely N-dealkylation sites (N-methyl/N-ethyl adjacent to an activating group) is 1. The van der Waals surface area contributed by atoms with Crippen LogP contribution in [0.1, 0.15) is 5.56 Å². The highest BCUT2D eigenvalue weighted by Gasteiger charge is 2.22. The lowest BCUT2D eigenvalue weighted by Crippen LogP contribution is -2.43. The molecular weight excluding hydrogens is 465 g/mol. The predicted octanol–water partition coefficient (Wildman–Crippen LogP) is 1.82. The number of sulfone groups is 1. The molecule has 12 heteroatoms. The molecule has 0 spiro atoms. The highest BCUT2D eigenvalue weighted by Crippen LogP contribution is 2.28. The molecule has 0 radical (unpaired) electrons. The normalized spacial score (nSPS) is 16.2. The zero-order valence-corrected chi connectivity index (χ0v) is 19.2. The molecule has 1 aliphatic heterocycles. The molecule has 3 rings (SSSR count). The molecule has 1 saturated heterocycles. The summed E-state index contributed by atoms with van der Waals surface area (Å²) >= 11 is 0.802. The van der Waals surface area contributed by atoms with Gasteiger partial charge in [-0.2, -0.15) is 0 Å². The molecule has 28 heavy (non-hydrogen) atoms. The van der Waals surface area contributed by atoms with Gasteiger partial charge in [0.05, 0.1) is 9.79 Å². The van der Waals surface area contributed by atoms with Gasteiger partial charge in [-0.3, -0.25) is 4.90 Å². The van der Waals surface area contributed by atoms with E-state index < -0.39 is 19.9 Å². The number of hydrogen-bond acceptors (Lipinski definition) is 7. The van der Waals surface area contributed by atoms with E-state index in [4.69, 9.17) is 5.14 Å². The minimum atomic E-state index is -3.91. The molecule has 1 aliphatic rings. The maximum Gasteiger partial charge on any atom is 0.247 e. The van der Waals surface area contributed by atoms with Crippen LogP contribution < -0.4 is 5.14 Å². The number of nitrogens with two attached hydrogens (primary N) is 1. The number of piperazine rings is 1. The standard InChI is InChI=1S/C16H21N3O4S3.2ClH/c1-18-6-8-19(9-7-18)11-13-2-4-14(5-3-13)25(20,21)15-10-16(24-12-15)26(17,22)23;;/h2-5,10,12H,6-9,11H2,1H3,(H2,17,22,23);2*1H. The minimum absolute atomic E-state index is 0. The second-order valence-electron chi connectivity index (χ2n) is 6.37. The second-order valence-corrected chi connectivity index (χ2v) is 11.0. The smallest absolute Gasteiger partial charge is 0.247 e. The van der Waals surface area contributed by atoms with Gasteiger partial charge in [-0.15, -0.1) is 36.2 Å². The van der Waals surface area contributed by atoms with Gasteiger partial charge in [0.1, 0.15) is 4.21 Å². The first-order valence-corrected chi connectivity index (χ1v) is 11.9. The average Bonchev–Trinajstić information content (AvgIpc) is 3.09. The number of thiophene rings is 1. The molecule has 2 N–H and O–H groups in total. The Morgan fingerprint density at radius 1 is 0.964 bits per heavy atom. The first-order chi connectivity index (χ1) is 12.2. The number of primary sulfonamides is 1. The molecule has 0 unspecified atom stereocenters. The van der Waals surface area contributed by atoms with Gasteiger partial charge in [0.2, 0.25) is 19.9 Å². The van der Waals surface area contributed by atoms with Gasteiger partial charge in [-0.05, 0) is 30.8 Å². The van der Waals surface area contributed by atoms with E-state index in [1.54, 1.807) is 24.3 Å². The molecule has 0 bridgehead atoms. The van der Waals surface area contributed by atoms with Crippen molar-refractivity contribution in [3.63, 3.8) is 0 Å². The summed E-state index contributed by atoms with van der Waals surface area (Å²) in [7, 11) is -5.57. The molecule has 2 heterocycles. The van der Waals surface area contributed by atoms with Crippen molar-refractivity contribution < 1.29 is 16.8 Å². The summed E-state index contributed by atoms with van der Waals surface area (Å²) in [5, 5.41) is 6.35. The highest BCUT2D eigenvalue weighted by atomic mass is 35.5. The molecule has 2 aromatic rings.